The molecule has 0 aromatic heterocycles. The van der Waals surface area contributed by atoms with Gasteiger partial charge in [0.15, 0.2) is 0 Å². The molecule has 3 aliphatic rings. The molecular weight excluding hydrogens is 413 g/mol. The van der Waals surface area contributed by atoms with Crippen molar-refractivity contribution in [2.24, 2.45) is 11.8 Å². The predicted molar refractivity (Wildman–Crippen MR) is 104 cm³/mol. The van der Waals surface area contributed by atoms with Gasteiger partial charge in [0.05, 0.1) is 11.8 Å². The lowest BCUT2D eigenvalue weighted by Gasteiger charge is -2.34. The fraction of sp³-hybridized carbons (Fsp3) is 0.450. The summed E-state index contributed by atoms with van der Waals surface area (Å²) in [6, 6.07) is 5.16. The molecular formula is C20H22FN3O5S. The summed E-state index contributed by atoms with van der Waals surface area (Å²) >= 11 is 0. The summed E-state index contributed by atoms with van der Waals surface area (Å²) in [5.41, 5.74) is 0. The minimum atomic E-state index is -4.00. The molecule has 1 aromatic rings. The fourth-order valence-electron chi connectivity index (χ4n) is 4.23. The highest BCUT2D eigenvalue weighted by molar-refractivity contribution is 7.89. The van der Waals surface area contributed by atoms with Crippen LogP contribution in [-0.2, 0) is 24.4 Å². The lowest BCUT2D eigenvalue weighted by Crippen LogP contribution is -2.53. The van der Waals surface area contributed by atoms with Gasteiger partial charge in [0, 0.05) is 26.2 Å². The van der Waals surface area contributed by atoms with Crippen molar-refractivity contribution in [3.05, 3.63) is 42.2 Å². The van der Waals surface area contributed by atoms with E-state index in [2.05, 4.69) is 0 Å². The van der Waals surface area contributed by atoms with E-state index in [-0.39, 0.29) is 44.5 Å². The van der Waals surface area contributed by atoms with Gasteiger partial charge < -0.3 is 4.90 Å². The van der Waals surface area contributed by atoms with Crippen LogP contribution in [0.5, 0.6) is 0 Å². The van der Waals surface area contributed by atoms with Gasteiger partial charge in [-0.1, -0.05) is 24.3 Å². The Hall–Kier alpha value is -2.59. The number of allylic oxidation sites excluding steroid dienone is 2. The zero-order chi connectivity index (χ0) is 21.5. The van der Waals surface area contributed by atoms with Gasteiger partial charge in [-0.3, -0.25) is 19.3 Å². The van der Waals surface area contributed by atoms with Gasteiger partial charge in [-0.25, -0.2) is 12.8 Å². The number of nitrogens with zero attached hydrogens (tertiary/aromatic N) is 3. The number of benzene rings is 1. The number of likely N-dealkylation sites (tertiary alicyclic amines) is 1. The molecule has 2 heterocycles. The van der Waals surface area contributed by atoms with Crippen molar-refractivity contribution in [1.82, 2.24) is 14.1 Å². The Bertz CT molecular complexity index is 991. The molecule has 2 saturated heterocycles. The van der Waals surface area contributed by atoms with E-state index in [0.29, 0.717) is 12.8 Å². The minimum Gasteiger partial charge on any atom is -0.338 e. The summed E-state index contributed by atoms with van der Waals surface area (Å²) in [6.07, 6.45) is 4.78. The molecule has 0 N–H and O–H groups in total. The van der Waals surface area contributed by atoms with Crippen molar-refractivity contribution in [2.75, 3.05) is 32.7 Å². The van der Waals surface area contributed by atoms with Crippen LogP contribution in [0.25, 0.3) is 0 Å². The number of carbonyl (C=O) groups excluding carboxylic acids is 3. The first-order valence-electron chi connectivity index (χ1n) is 9.83. The predicted octanol–water partition coefficient (Wildman–Crippen LogP) is 0.610. The van der Waals surface area contributed by atoms with Crippen LogP contribution in [0, 0.1) is 17.7 Å². The quantitative estimate of drug-likeness (QED) is 0.510. The second kappa shape index (κ2) is 7.92. The number of imide groups is 1. The van der Waals surface area contributed by atoms with Crippen LogP contribution >= 0.6 is 0 Å². The lowest BCUT2D eigenvalue weighted by molar-refractivity contribution is -0.147. The van der Waals surface area contributed by atoms with Gasteiger partial charge in [-0.05, 0) is 25.0 Å². The van der Waals surface area contributed by atoms with Crippen LogP contribution in [-0.4, -0.2) is 73.0 Å². The van der Waals surface area contributed by atoms with Crippen molar-refractivity contribution in [2.45, 2.75) is 17.7 Å². The second-order valence-electron chi connectivity index (χ2n) is 7.63. The van der Waals surface area contributed by atoms with Crippen LogP contribution in [0.2, 0.25) is 0 Å². The second-order valence-corrected chi connectivity index (χ2v) is 9.54. The van der Waals surface area contributed by atoms with Gasteiger partial charge in [0.25, 0.3) is 0 Å². The van der Waals surface area contributed by atoms with E-state index in [0.717, 1.165) is 15.3 Å². The SMILES string of the molecule is O=C(CN1C(=O)[C@H]2CC=CC[C@H]2C1=O)N1CCN(S(=O)(=O)c2ccccc2F)CC1. The molecule has 2 fully saturated rings. The zero-order valence-corrected chi connectivity index (χ0v) is 17.1. The third kappa shape index (κ3) is 3.54. The Labute approximate surface area is 174 Å². The Morgan fingerprint density at radius 2 is 1.53 bits per heavy atom. The van der Waals surface area contributed by atoms with Crippen molar-refractivity contribution in [3.63, 3.8) is 0 Å². The maximum absolute atomic E-state index is 13.9. The van der Waals surface area contributed by atoms with Crippen LogP contribution in [0.15, 0.2) is 41.3 Å². The van der Waals surface area contributed by atoms with Crippen LogP contribution < -0.4 is 0 Å². The van der Waals surface area contributed by atoms with E-state index in [9.17, 15) is 27.2 Å². The summed E-state index contributed by atoms with van der Waals surface area (Å²) in [7, 11) is -4.00. The Morgan fingerprint density at radius 3 is 2.10 bits per heavy atom. The first kappa shape index (κ1) is 20.7. The molecule has 0 bridgehead atoms. The Morgan fingerprint density at radius 1 is 0.967 bits per heavy atom. The normalized spacial score (nSPS) is 25.0. The molecule has 0 unspecified atom stereocenters. The highest BCUT2D eigenvalue weighted by Gasteiger charge is 2.48. The smallest absolute Gasteiger partial charge is 0.246 e. The third-order valence-corrected chi connectivity index (χ3v) is 7.87. The van der Waals surface area contributed by atoms with E-state index >= 15 is 0 Å². The minimum absolute atomic E-state index is 0.0134. The molecule has 10 heteroatoms. The maximum atomic E-state index is 13.9. The molecule has 30 heavy (non-hydrogen) atoms. The van der Waals surface area contributed by atoms with E-state index in [1.54, 1.807) is 0 Å². The number of halogens is 1. The van der Waals surface area contributed by atoms with E-state index in [1.807, 2.05) is 12.2 Å². The molecule has 160 valence electrons. The lowest BCUT2D eigenvalue weighted by atomic mass is 9.85. The molecule has 0 spiro atoms. The summed E-state index contributed by atoms with van der Waals surface area (Å²) in [5, 5.41) is 0. The summed E-state index contributed by atoms with van der Waals surface area (Å²) in [4.78, 5) is 39.8. The Kier molecular flexibility index (Phi) is 5.46. The van der Waals surface area contributed by atoms with Crippen LogP contribution in [0.4, 0.5) is 4.39 Å². The number of hydrogen-bond acceptors (Lipinski definition) is 5. The van der Waals surface area contributed by atoms with Crippen molar-refractivity contribution < 1.29 is 27.2 Å². The number of carbonyl (C=O) groups is 3. The first-order chi connectivity index (χ1) is 14.3. The summed E-state index contributed by atoms with van der Waals surface area (Å²) in [6.45, 7) is -0.0853. The molecule has 0 saturated carbocycles. The summed E-state index contributed by atoms with van der Waals surface area (Å²) in [5.74, 6) is -2.63. The average molecular weight is 435 g/mol. The van der Waals surface area contributed by atoms with Crippen molar-refractivity contribution >= 4 is 27.7 Å². The highest BCUT2D eigenvalue weighted by Crippen LogP contribution is 2.35. The largest absolute Gasteiger partial charge is 0.338 e. The molecule has 4 rings (SSSR count). The molecule has 3 amide bonds. The number of piperazine rings is 1. The highest BCUT2D eigenvalue weighted by atomic mass is 32.2. The van der Waals surface area contributed by atoms with Gasteiger partial charge in [0.1, 0.15) is 17.3 Å². The number of fused-ring (bicyclic) bond motifs is 1. The molecule has 1 aromatic carbocycles. The summed E-state index contributed by atoms with van der Waals surface area (Å²) < 4.78 is 40.4. The zero-order valence-electron chi connectivity index (χ0n) is 16.2. The van der Waals surface area contributed by atoms with Gasteiger partial charge >= 0.3 is 0 Å². The van der Waals surface area contributed by atoms with E-state index < -0.39 is 38.5 Å². The molecule has 2 atom stereocenters. The number of sulfonamides is 1. The Balaban J connectivity index is 1.38. The topological polar surface area (TPSA) is 95.1 Å². The van der Waals surface area contributed by atoms with Gasteiger partial charge in [-0.15, -0.1) is 0 Å². The fourth-order valence-corrected chi connectivity index (χ4v) is 5.72. The van der Waals surface area contributed by atoms with E-state index in [4.69, 9.17) is 0 Å². The van der Waals surface area contributed by atoms with Crippen LogP contribution in [0.1, 0.15) is 12.8 Å². The first-order valence-corrected chi connectivity index (χ1v) is 11.3. The standard InChI is InChI=1S/C20H22FN3O5S/c21-16-7-3-4-8-17(16)30(28,29)23-11-9-22(10-12-23)18(25)13-24-19(26)14-5-1-2-6-15(14)20(24)27/h1-4,7-8,14-15H,5-6,9-13H2/t14-,15+. The monoisotopic (exact) mass is 435 g/mol. The van der Waals surface area contributed by atoms with E-state index in [1.165, 1.54) is 23.1 Å². The number of hydrogen-bond donors (Lipinski definition) is 0. The average Bonchev–Trinajstić information content (AvgIpc) is 2.99. The molecule has 0 radical (unpaired) electrons. The van der Waals surface area contributed by atoms with Crippen molar-refractivity contribution in [1.29, 1.82) is 0 Å². The van der Waals surface area contributed by atoms with Crippen LogP contribution in [0.3, 0.4) is 0 Å². The molecule has 8 nitrogen and oxygen atoms in total. The molecule has 2 aliphatic heterocycles. The number of rotatable bonds is 4. The van der Waals surface area contributed by atoms with Crippen molar-refractivity contribution in [3.8, 4) is 0 Å². The number of amides is 3. The molecule has 1 aliphatic carbocycles. The maximum Gasteiger partial charge on any atom is 0.246 e. The van der Waals surface area contributed by atoms with Gasteiger partial charge in [0.2, 0.25) is 27.7 Å². The third-order valence-electron chi connectivity index (χ3n) is 5.94. The van der Waals surface area contributed by atoms with Gasteiger partial charge in [-0.2, -0.15) is 4.31 Å².